The van der Waals surface area contributed by atoms with E-state index in [2.05, 4.69) is 30.5 Å². The summed E-state index contributed by atoms with van der Waals surface area (Å²) in [6.07, 6.45) is 6.88. The molecule has 4 rings (SSSR count). The van der Waals surface area contributed by atoms with Crippen LogP contribution in [0.15, 0.2) is 34.9 Å². The highest BCUT2D eigenvalue weighted by molar-refractivity contribution is 7.98. The van der Waals surface area contributed by atoms with Crippen molar-refractivity contribution in [3.05, 3.63) is 41.3 Å². The van der Waals surface area contributed by atoms with Crippen LogP contribution in [0.5, 0.6) is 0 Å². The van der Waals surface area contributed by atoms with E-state index in [-0.39, 0.29) is 0 Å². The quantitative estimate of drug-likeness (QED) is 0.701. The topological polar surface area (TPSA) is 67.3 Å². The molecule has 0 bridgehead atoms. The largest absolute Gasteiger partial charge is 0.262 e. The van der Waals surface area contributed by atoms with Crippen LogP contribution < -0.4 is 0 Å². The van der Waals surface area contributed by atoms with E-state index in [1.54, 1.807) is 29.3 Å². The number of thiazole rings is 1. The molecule has 5 nitrogen and oxygen atoms in total. The van der Waals surface area contributed by atoms with Crippen LogP contribution in [0.1, 0.15) is 43.1 Å². The molecule has 1 aliphatic carbocycles. The van der Waals surface area contributed by atoms with Gasteiger partial charge in [-0.15, -0.1) is 16.4 Å². The summed E-state index contributed by atoms with van der Waals surface area (Å²) in [5.41, 5.74) is 1.98. The number of aromatic nitrogens is 5. The predicted molar refractivity (Wildman–Crippen MR) is 92.5 cm³/mol. The Bertz CT molecular complexity index is 762. The van der Waals surface area contributed by atoms with E-state index in [0.29, 0.717) is 5.92 Å². The Balaban J connectivity index is 1.39. The molecular weight excluding hydrogens is 326 g/mol. The van der Waals surface area contributed by atoms with Gasteiger partial charge in [-0.2, -0.15) is 0 Å². The zero-order valence-electron chi connectivity index (χ0n) is 12.6. The van der Waals surface area contributed by atoms with Crippen LogP contribution in [0, 0.1) is 0 Å². The number of hydrogen-bond donors (Lipinski definition) is 1. The molecule has 0 radical (unpaired) electrons. The van der Waals surface area contributed by atoms with Crippen molar-refractivity contribution >= 4 is 23.1 Å². The summed E-state index contributed by atoms with van der Waals surface area (Å²) in [6, 6.07) is 5.88. The Morgan fingerprint density at radius 3 is 2.96 bits per heavy atom. The summed E-state index contributed by atoms with van der Waals surface area (Å²) < 4.78 is 0. The van der Waals surface area contributed by atoms with Gasteiger partial charge in [0.25, 0.3) is 0 Å². The summed E-state index contributed by atoms with van der Waals surface area (Å²) in [5, 5.41) is 11.3. The minimum atomic E-state index is 0.576. The molecule has 1 aliphatic rings. The maximum Gasteiger partial charge on any atom is 0.208 e. The van der Waals surface area contributed by atoms with Gasteiger partial charge in [0.2, 0.25) is 5.16 Å². The van der Waals surface area contributed by atoms with Crippen LogP contribution in [-0.2, 0) is 5.75 Å². The van der Waals surface area contributed by atoms with E-state index >= 15 is 0 Å². The van der Waals surface area contributed by atoms with Gasteiger partial charge in [-0.1, -0.05) is 30.7 Å². The van der Waals surface area contributed by atoms with Crippen molar-refractivity contribution in [2.75, 3.05) is 0 Å². The smallest absolute Gasteiger partial charge is 0.208 e. The van der Waals surface area contributed by atoms with Gasteiger partial charge in [0.05, 0.1) is 11.4 Å². The van der Waals surface area contributed by atoms with E-state index in [4.69, 9.17) is 0 Å². The van der Waals surface area contributed by atoms with E-state index in [9.17, 15) is 0 Å². The van der Waals surface area contributed by atoms with Crippen LogP contribution in [0.2, 0.25) is 0 Å². The molecule has 1 fully saturated rings. The number of nitrogens with one attached hydrogen (secondary N) is 1. The number of rotatable bonds is 5. The Labute approximate surface area is 143 Å². The number of thioether (sulfide) groups is 1. The SMILES string of the molecule is c1ccc(-c2nc(CSc3n[nH]c(C4CCCC4)n3)cs2)nc1. The monoisotopic (exact) mass is 343 g/mol. The van der Waals surface area contributed by atoms with Gasteiger partial charge in [0.15, 0.2) is 0 Å². The summed E-state index contributed by atoms with van der Waals surface area (Å²) in [5.74, 6) is 2.41. The second kappa shape index (κ2) is 6.80. The number of pyridine rings is 1. The lowest BCUT2D eigenvalue weighted by Crippen LogP contribution is -1.94. The average Bonchev–Trinajstić information content (AvgIpc) is 3.33. The molecule has 0 amide bonds. The molecule has 118 valence electrons. The lowest BCUT2D eigenvalue weighted by molar-refractivity contribution is 0.671. The highest BCUT2D eigenvalue weighted by atomic mass is 32.2. The lowest BCUT2D eigenvalue weighted by Gasteiger charge is -2.01. The second-order valence-electron chi connectivity index (χ2n) is 5.63. The molecule has 1 saturated carbocycles. The fraction of sp³-hybridized carbons (Fsp3) is 0.375. The van der Waals surface area contributed by atoms with Crippen molar-refractivity contribution in [2.45, 2.75) is 42.5 Å². The van der Waals surface area contributed by atoms with E-state index in [0.717, 1.165) is 33.1 Å². The Morgan fingerprint density at radius 1 is 1.22 bits per heavy atom. The first kappa shape index (κ1) is 14.8. The van der Waals surface area contributed by atoms with Gasteiger partial charge in [-0.25, -0.2) is 9.97 Å². The van der Waals surface area contributed by atoms with Crippen LogP contribution in [0.25, 0.3) is 10.7 Å². The molecule has 0 aromatic carbocycles. The minimum Gasteiger partial charge on any atom is -0.262 e. The molecule has 0 atom stereocenters. The molecule has 0 aliphatic heterocycles. The fourth-order valence-electron chi connectivity index (χ4n) is 2.82. The first-order valence-electron chi connectivity index (χ1n) is 7.79. The van der Waals surface area contributed by atoms with Crippen molar-refractivity contribution in [3.8, 4) is 10.7 Å². The summed E-state index contributed by atoms with van der Waals surface area (Å²) in [6.45, 7) is 0. The number of nitrogens with zero attached hydrogens (tertiary/aromatic N) is 4. The fourth-order valence-corrected chi connectivity index (χ4v) is 4.42. The standard InChI is InChI=1S/C16H17N5S2/c1-2-6-11(5-1)14-19-16(21-20-14)23-10-12-9-22-15(18-12)13-7-3-4-8-17-13/h3-4,7-9,11H,1-2,5-6,10H2,(H,19,20,21). The van der Waals surface area contributed by atoms with Gasteiger partial charge in [-0.05, 0) is 25.0 Å². The van der Waals surface area contributed by atoms with Crippen molar-refractivity contribution in [1.29, 1.82) is 0 Å². The van der Waals surface area contributed by atoms with Gasteiger partial charge < -0.3 is 0 Å². The Hall–Kier alpha value is -1.73. The van der Waals surface area contributed by atoms with Gasteiger partial charge in [0, 0.05) is 23.2 Å². The highest BCUT2D eigenvalue weighted by Gasteiger charge is 2.20. The van der Waals surface area contributed by atoms with E-state index < -0.39 is 0 Å². The van der Waals surface area contributed by atoms with E-state index in [1.165, 1.54) is 25.7 Å². The maximum atomic E-state index is 4.65. The first-order chi connectivity index (χ1) is 11.4. The Morgan fingerprint density at radius 2 is 2.13 bits per heavy atom. The zero-order chi connectivity index (χ0) is 15.5. The maximum absolute atomic E-state index is 4.65. The molecule has 23 heavy (non-hydrogen) atoms. The molecule has 7 heteroatoms. The van der Waals surface area contributed by atoms with Gasteiger partial charge >= 0.3 is 0 Å². The highest BCUT2D eigenvalue weighted by Crippen LogP contribution is 2.33. The zero-order valence-corrected chi connectivity index (χ0v) is 14.2. The van der Waals surface area contributed by atoms with Crippen molar-refractivity contribution < 1.29 is 0 Å². The molecule has 3 heterocycles. The van der Waals surface area contributed by atoms with Crippen molar-refractivity contribution in [3.63, 3.8) is 0 Å². The first-order valence-corrected chi connectivity index (χ1v) is 9.66. The van der Waals surface area contributed by atoms with Crippen LogP contribution in [-0.4, -0.2) is 25.1 Å². The molecule has 3 aromatic rings. The third-order valence-electron chi connectivity index (χ3n) is 4.01. The number of hydrogen-bond acceptors (Lipinski definition) is 6. The number of aromatic amines is 1. The van der Waals surface area contributed by atoms with Gasteiger partial charge in [-0.3, -0.25) is 10.1 Å². The summed E-state index contributed by atoms with van der Waals surface area (Å²) in [7, 11) is 0. The number of H-pyrrole nitrogens is 1. The molecular formula is C16H17N5S2. The molecule has 1 N–H and O–H groups in total. The molecule has 3 aromatic heterocycles. The van der Waals surface area contributed by atoms with E-state index in [1.807, 2.05) is 18.2 Å². The molecule has 0 spiro atoms. The van der Waals surface area contributed by atoms with Crippen LogP contribution >= 0.6 is 23.1 Å². The third kappa shape index (κ3) is 3.45. The Kier molecular flexibility index (Phi) is 4.39. The normalized spacial score (nSPS) is 15.3. The van der Waals surface area contributed by atoms with Crippen molar-refractivity contribution in [2.24, 2.45) is 0 Å². The average molecular weight is 343 g/mol. The van der Waals surface area contributed by atoms with Gasteiger partial charge in [0.1, 0.15) is 10.8 Å². The molecule has 0 saturated heterocycles. The van der Waals surface area contributed by atoms with Crippen molar-refractivity contribution in [1.82, 2.24) is 25.1 Å². The summed E-state index contributed by atoms with van der Waals surface area (Å²) >= 11 is 3.26. The predicted octanol–water partition coefficient (Wildman–Crippen LogP) is 4.27. The van der Waals surface area contributed by atoms with Crippen LogP contribution in [0.3, 0.4) is 0 Å². The third-order valence-corrected chi connectivity index (χ3v) is 5.80. The molecule has 0 unspecified atom stereocenters. The second-order valence-corrected chi connectivity index (χ2v) is 7.43. The minimum absolute atomic E-state index is 0.576. The lowest BCUT2D eigenvalue weighted by atomic mass is 10.1. The summed E-state index contributed by atoms with van der Waals surface area (Å²) in [4.78, 5) is 13.6. The van der Waals surface area contributed by atoms with Crippen LogP contribution in [0.4, 0.5) is 0 Å².